The van der Waals surface area contributed by atoms with Crippen LogP contribution in [0.1, 0.15) is 48.9 Å². The van der Waals surface area contributed by atoms with Crippen molar-refractivity contribution in [1.29, 1.82) is 0 Å². The average Bonchev–Trinajstić information content (AvgIpc) is 2.98. The van der Waals surface area contributed by atoms with Gasteiger partial charge in [-0.1, -0.05) is 11.3 Å². The van der Waals surface area contributed by atoms with Gasteiger partial charge in [0.05, 0.1) is 23.2 Å². The highest BCUT2D eigenvalue weighted by molar-refractivity contribution is 7.17. The molecule has 0 saturated carbocycles. The van der Waals surface area contributed by atoms with Crippen molar-refractivity contribution in [2.75, 3.05) is 12.4 Å². The lowest BCUT2D eigenvalue weighted by atomic mass is 10.0. The summed E-state index contributed by atoms with van der Waals surface area (Å²) < 4.78 is 4.61. The van der Waals surface area contributed by atoms with E-state index in [1.165, 1.54) is 30.6 Å². The molecule has 0 saturated heterocycles. The lowest BCUT2D eigenvalue weighted by molar-refractivity contribution is 0.0600. The number of aromatic nitrogens is 1. The van der Waals surface area contributed by atoms with Crippen molar-refractivity contribution in [3.8, 4) is 0 Å². The van der Waals surface area contributed by atoms with Crippen molar-refractivity contribution in [2.45, 2.75) is 19.3 Å². The third-order valence-electron chi connectivity index (χ3n) is 3.56. The lowest BCUT2D eigenvalue weighted by Gasteiger charge is -2.05. The second-order valence-corrected chi connectivity index (χ2v) is 6.09. The van der Waals surface area contributed by atoms with Gasteiger partial charge in [0, 0.05) is 12.0 Å². The number of hydrogen-bond acceptors (Lipinski definition) is 6. The summed E-state index contributed by atoms with van der Waals surface area (Å²) in [7, 11) is 1.30. The first kappa shape index (κ1) is 15.4. The number of nitrogens with zero attached hydrogens (tertiary/aromatic N) is 1. The summed E-state index contributed by atoms with van der Waals surface area (Å²) in [4.78, 5) is 40.3. The van der Waals surface area contributed by atoms with E-state index >= 15 is 0 Å². The van der Waals surface area contributed by atoms with Crippen molar-refractivity contribution >= 4 is 34.1 Å². The summed E-state index contributed by atoms with van der Waals surface area (Å²) in [6.45, 7) is 0. The maximum Gasteiger partial charge on any atom is 0.337 e. The van der Waals surface area contributed by atoms with Crippen LogP contribution in [0, 0.1) is 0 Å². The number of esters is 1. The van der Waals surface area contributed by atoms with Crippen molar-refractivity contribution in [3.05, 3.63) is 46.0 Å². The van der Waals surface area contributed by atoms with Crippen LogP contribution in [0.2, 0.25) is 0 Å². The fourth-order valence-corrected chi connectivity index (χ4v) is 3.34. The molecule has 0 unspecified atom stereocenters. The van der Waals surface area contributed by atoms with E-state index in [1.807, 2.05) is 0 Å². The number of methoxy groups -OCH3 is 1. The molecular formula is C16H14N2O4S. The van der Waals surface area contributed by atoms with Crippen LogP contribution >= 0.6 is 11.3 Å². The summed E-state index contributed by atoms with van der Waals surface area (Å²) in [5.74, 6) is -0.699. The predicted octanol–water partition coefficient (Wildman–Crippen LogP) is 2.70. The Morgan fingerprint density at radius 3 is 2.52 bits per heavy atom. The van der Waals surface area contributed by atoms with E-state index in [0.29, 0.717) is 27.6 Å². The number of benzene rings is 1. The number of carbonyl (C=O) groups is 3. The smallest absolute Gasteiger partial charge is 0.337 e. The van der Waals surface area contributed by atoms with Crippen LogP contribution in [-0.4, -0.2) is 29.8 Å². The van der Waals surface area contributed by atoms with E-state index in [9.17, 15) is 14.4 Å². The molecule has 118 valence electrons. The van der Waals surface area contributed by atoms with E-state index < -0.39 is 5.97 Å². The molecule has 0 aliphatic heterocycles. The van der Waals surface area contributed by atoms with Crippen molar-refractivity contribution in [1.82, 2.24) is 4.98 Å². The highest BCUT2D eigenvalue weighted by Gasteiger charge is 2.23. The largest absolute Gasteiger partial charge is 0.465 e. The molecule has 0 bridgehead atoms. The van der Waals surface area contributed by atoms with E-state index in [0.717, 1.165) is 18.5 Å². The minimum Gasteiger partial charge on any atom is -0.465 e. The van der Waals surface area contributed by atoms with Gasteiger partial charge in [-0.15, -0.1) is 0 Å². The summed E-state index contributed by atoms with van der Waals surface area (Å²) in [5, 5.41) is 3.12. The molecule has 0 atom stereocenters. The standard InChI is InChI=1S/C16H14N2O4S/c1-22-15(21)10-7-5-9(6-8-10)14(20)18-16-17-11-3-2-4-12(19)13(11)23-16/h5-8H,2-4H2,1H3,(H,17,18,20). The molecule has 1 amide bonds. The zero-order valence-corrected chi connectivity index (χ0v) is 13.2. The molecule has 7 heteroatoms. The number of Topliss-reactive ketones (excluding diaryl/α,β-unsaturated/α-hetero) is 1. The van der Waals surface area contributed by atoms with Gasteiger partial charge < -0.3 is 4.74 Å². The number of amides is 1. The summed E-state index contributed by atoms with van der Waals surface area (Å²) in [6, 6.07) is 6.13. The SMILES string of the molecule is COC(=O)c1ccc(C(=O)Nc2nc3c(s2)C(=O)CCC3)cc1. The molecule has 3 rings (SSSR count). The van der Waals surface area contributed by atoms with E-state index in [-0.39, 0.29) is 11.7 Å². The number of rotatable bonds is 3. The Labute approximate surface area is 136 Å². The van der Waals surface area contributed by atoms with Crippen LogP contribution < -0.4 is 5.32 Å². The van der Waals surface area contributed by atoms with Gasteiger partial charge in [-0.25, -0.2) is 9.78 Å². The van der Waals surface area contributed by atoms with Crippen LogP contribution in [0.15, 0.2) is 24.3 Å². The van der Waals surface area contributed by atoms with E-state index in [1.54, 1.807) is 12.1 Å². The minimum absolute atomic E-state index is 0.0895. The number of hydrogen-bond donors (Lipinski definition) is 1. The van der Waals surface area contributed by atoms with Crippen LogP contribution in [0.5, 0.6) is 0 Å². The van der Waals surface area contributed by atoms with Gasteiger partial charge in [-0.2, -0.15) is 0 Å². The van der Waals surface area contributed by atoms with Gasteiger partial charge in [0.1, 0.15) is 0 Å². The molecule has 1 aromatic carbocycles. The maximum absolute atomic E-state index is 12.2. The Bertz CT molecular complexity index is 780. The Morgan fingerprint density at radius 2 is 1.87 bits per heavy atom. The Morgan fingerprint density at radius 1 is 1.17 bits per heavy atom. The molecule has 1 heterocycles. The normalized spacial score (nSPS) is 13.3. The number of thiazole rings is 1. The third kappa shape index (κ3) is 3.14. The molecule has 1 aliphatic carbocycles. The Balaban J connectivity index is 1.74. The first-order chi connectivity index (χ1) is 11.1. The number of anilines is 1. The molecule has 6 nitrogen and oxygen atoms in total. The Kier molecular flexibility index (Phi) is 4.20. The molecule has 0 radical (unpaired) electrons. The topological polar surface area (TPSA) is 85.4 Å². The van der Waals surface area contributed by atoms with Gasteiger partial charge in [-0.05, 0) is 37.1 Å². The maximum atomic E-state index is 12.2. The van der Waals surface area contributed by atoms with Crippen LogP contribution in [-0.2, 0) is 11.2 Å². The number of carbonyl (C=O) groups excluding carboxylic acids is 3. The van der Waals surface area contributed by atoms with Gasteiger partial charge in [-0.3, -0.25) is 14.9 Å². The van der Waals surface area contributed by atoms with Gasteiger partial charge in [0.25, 0.3) is 5.91 Å². The lowest BCUT2D eigenvalue weighted by Crippen LogP contribution is -2.12. The Hall–Kier alpha value is -2.54. The van der Waals surface area contributed by atoms with Crippen LogP contribution in [0.25, 0.3) is 0 Å². The molecule has 23 heavy (non-hydrogen) atoms. The quantitative estimate of drug-likeness (QED) is 0.875. The number of nitrogens with one attached hydrogen (secondary N) is 1. The highest BCUT2D eigenvalue weighted by Crippen LogP contribution is 2.29. The summed E-state index contributed by atoms with van der Waals surface area (Å²) in [5.41, 5.74) is 1.54. The molecule has 1 N–H and O–H groups in total. The molecule has 0 spiro atoms. The van der Waals surface area contributed by atoms with Crippen molar-refractivity contribution in [2.24, 2.45) is 0 Å². The third-order valence-corrected chi connectivity index (χ3v) is 4.61. The second-order valence-electron chi connectivity index (χ2n) is 5.09. The van der Waals surface area contributed by atoms with Gasteiger partial charge in [0.2, 0.25) is 0 Å². The van der Waals surface area contributed by atoms with Gasteiger partial charge in [0.15, 0.2) is 10.9 Å². The highest BCUT2D eigenvalue weighted by atomic mass is 32.1. The zero-order valence-electron chi connectivity index (χ0n) is 12.4. The van der Waals surface area contributed by atoms with Crippen molar-refractivity contribution < 1.29 is 19.1 Å². The van der Waals surface area contributed by atoms with E-state index in [2.05, 4.69) is 15.0 Å². The number of aryl methyl sites for hydroxylation is 1. The average molecular weight is 330 g/mol. The van der Waals surface area contributed by atoms with Gasteiger partial charge >= 0.3 is 5.97 Å². The number of fused-ring (bicyclic) bond motifs is 1. The minimum atomic E-state index is -0.455. The zero-order chi connectivity index (χ0) is 16.4. The van der Waals surface area contributed by atoms with E-state index in [4.69, 9.17) is 0 Å². The molecule has 1 aliphatic rings. The van der Waals surface area contributed by atoms with Crippen molar-refractivity contribution in [3.63, 3.8) is 0 Å². The fraction of sp³-hybridized carbons (Fsp3) is 0.250. The first-order valence-corrected chi connectivity index (χ1v) is 7.93. The number of ether oxygens (including phenoxy) is 1. The molecular weight excluding hydrogens is 316 g/mol. The fourth-order valence-electron chi connectivity index (χ4n) is 2.37. The summed E-state index contributed by atoms with van der Waals surface area (Å²) in [6.07, 6.45) is 2.11. The van der Waals surface area contributed by atoms with Crippen LogP contribution in [0.4, 0.5) is 5.13 Å². The summed E-state index contributed by atoms with van der Waals surface area (Å²) >= 11 is 1.21. The molecule has 0 fully saturated rings. The second kappa shape index (κ2) is 6.29. The molecule has 1 aromatic heterocycles. The van der Waals surface area contributed by atoms with Crippen LogP contribution in [0.3, 0.4) is 0 Å². The monoisotopic (exact) mass is 330 g/mol. The molecule has 2 aromatic rings. The number of ketones is 1. The predicted molar refractivity (Wildman–Crippen MR) is 85.1 cm³/mol. The first-order valence-electron chi connectivity index (χ1n) is 7.11.